The average molecular weight is 388 g/mol. The first-order valence-electron chi connectivity index (χ1n) is 8.02. The van der Waals surface area contributed by atoms with Crippen molar-refractivity contribution >= 4 is 25.5 Å². The van der Waals surface area contributed by atoms with E-state index in [2.05, 4.69) is 0 Å². The number of sulfonamides is 1. The van der Waals surface area contributed by atoms with E-state index in [1.807, 2.05) is 0 Å². The van der Waals surface area contributed by atoms with Crippen molar-refractivity contribution in [2.75, 3.05) is 11.5 Å². The molecular formula is C15H20N2O6S2. The number of nitro benzene ring substituents is 1. The molecule has 0 aromatic heterocycles. The molecule has 3 rings (SSSR count). The van der Waals surface area contributed by atoms with Crippen molar-refractivity contribution in [2.45, 2.75) is 50.1 Å². The predicted molar refractivity (Wildman–Crippen MR) is 91.7 cm³/mol. The summed E-state index contributed by atoms with van der Waals surface area (Å²) in [5.41, 5.74) is 0.691. The van der Waals surface area contributed by atoms with Gasteiger partial charge in [0.25, 0.3) is 5.69 Å². The van der Waals surface area contributed by atoms with Crippen LogP contribution in [-0.4, -0.2) is 49.7 Å². The van der Waals surface area contributed by atoms with Crippen LogP contribution in [0, 0.1) is 24.0 Å². The molecule has 1 unspecified atom stereocenters. The topological polar surface area (TPSA) is 115 Å². The molecule has 1 saturated heterocycles. The van der Waals surface area contributed by atoms with Crippen LogP contribution in [0.3, 0.4) is 0 Å². The normalized spacial score (nSPS) is 23.1. The molecule has 1 aliphatic carbocycles. The molecule has 1 saturated carbocycles. The quantitative estimate of drug-likeness (QED) is 0.558. The Morgan fingerprint density at radius 3 is 2.28 bits per heavy atom. The molecule has 8 nitrogen and oxygen atoms in total. The molecule has 10 heteroatoms. The Bertz CT molecular complexity index is 935. The van der Waals surface area contributed by atoms with Crippen LogP contribution in [-0.2, 0) is 19.9 Å². The molecule has 0 N–H and O–H groups in total. The number of nitrogens with zero attached hydrogens (tertiary/aromatic N) is 2. The number of hydrogen-bond donors (Lipinski definition) is 0. The number of aryl methyl sites for hydroxylation is 1. The molecule has 0 radical (unpaired) electrons. The Kier molecular flexibility index (Phi) is 4.41. The Balaban J connectivity index is 2.09. The molecule has 1 aromatic carbocycles. The first-order valence-corrected chi connectivity index (χ1v) is 11.3. The van der Waals surface area contributed by atoms with Crippen LogP contribution in [0.2, 0.25) is 0 Å². The molecule has 1 heterocycles. The molecule has 0 bridgehead atoms. The summed E-state index contributed by atoms with van der Waals surface area (Å²) in [4.78, 5) is 10.4. The summed E-state index contributed by atoms with van der Waals surface area (Å²) in [6.45, 7) is 3.24. The average Bonchev–Trinajstić information content (AvgIpc) is 3.25. The Morgan fingerprint density at radius 1 is 1.16 bits per heavy atom. The lowest BCUT2D eigenvalue weighted by atomic mass is 10.1. The number of benzene rings is 1. The third-order valence-corrected chi connectivity index (χ3v) is 8.73. The third-order valence-electron chi connectivity index (χ3n) is 4.85. The standard InChI is InChI=1S/C15H20N2O6S2/c1-10-7-14(17(18)19)8-15(11(10)2)25(22,23)16(12-3-4-12)13-5-6-24(20,21)9-13/h7-8,12-13H,3-6,9H2,1-2H3. The van der Waals surface area contributed by atoms with Gasteiger partial charge in [0.2, 0.25) is 10.0 Å². The maximum atomic E-state index is 13.3. The van der Waals surface area contributed by atoms with Gasteiger partial charge in [0.05, 0.1) is 21.3 Å². The minimum Gasteiger partial charge on any atom is -0.258 e. The molecule has 2 fully saturated rings. The maximum Gasteiger partial charge on any atom is 0.271 e. The van der Waals surface area contributed by atoms with E-state index in [0.717, 1.165) is 6.07 Å². The van der Waals surface area contributed by atoms with Gasteiger partial charge in [-0.05, 0) is 44.2 Å². The number of nitro groups is 1. The zero-order valence-electron chi connectivity index (χ0n) is 14.0. The van der Waals surface area contributed by atoms with Crippen LogP contribution in [0.1, 0.15) is 30.4 Å². The third kappa shape index (κ3) is 3.42. The van der Waals surface area contributed by atoms with Crippen LogP contribution >= 0.6 is 0 Å². The van der Waals surface area contributed by atoms with Gasteiger partial charge in [-0.1, -0.05) is 0 Å². The van der Waals surface area contributed by atoms with Crippen molar-refractivity contribution in [3.05, 3.63) is 33.4 Å². The van der Waals surface area contributed by atoms with Gasteiger partial charge in [-0.15, -0.1) is 0 Å². The molecule has 138 valence electrons. The second-order valence-corrected chi connectivity index (χ2v) is 10.8. The van der Waals surface area contributed by atoms with Crippen molar-refractivity contribution in [3.63, 3.8) is 0 Å². The highest BCUT2D eigenvalue weighted by atomic mass is 32.2. The summed E-state index contributed by atoms with van der Waals surface area (Å²) in [5, 5.41) is 11.1. The molecular weight excluding hydrogens is 368 g/mol. The second-order valence-electron chi connectivity index (χ2n) is 6.77. The predicted octanol–water partition coefficient (Wildman–Crippen LogP) is 1.55. The lowest BCUT2D eigenvalue weighted by Crippen LogP contribution is -2.43. The Labute approximate surface area is 147 Å². The van der Waals surface area contributed by atoms with Crippen molar-refractivity contribution in [1.82, 2.24) is 4.31 Å². The summed E-state index contributed by atoms with van der Waals surface area (Å²) in [5.74, 6) is -0.209. The van der Waals surface area contributed by atoms with Gasteiger partial charge in [0.15, 0.2) is 9.84 Å². The van der Waals surface area contributed by atoms with E-state index in [4.69, 9.17) is 0 Å². The molecule has 25 heavy (non-hydrogen) atoms. The zero-order chi connectivity index (χ0) is 18.6. The van der Waals surface area contributed by atoms with Crippen LogP contribution in [0.15, 0.2) is 17.0 Å². The van der Waals surface area contributed by atoms with E-state index >= 15 is 0 Å². The highest BCUT2D eigenvalue weighted by molar-refractivity contribution is 7.92. The summed E-state index contributed by atoms with van der Waals surface area (Å²) in [7, 11) is -7.26. The summed E-state index contributed by atoms with van der Waals surface area (Å²) in [6.07, 6.45) is 1.64. The van der Waals surface area contributed by atoms with Crippen molar-refractivity contribution in [1.29, 1.82) is 0 Å². The van der Waals surface area contributed by atoms with Crippen molar-refractivity contribution in [3.8, 4) is 0 Å². The van der Waals surface area contributed by atoms with E-state index in [1.165, 1.54) is 10.4 Å². The molecule has 1 aliphatic heterocycles. The van der Waals surface area contributed by atoms with Gasteiger partial charge < -0.3 is 0 Å². The van der Waals surface area contributed by atoms with Crippen LogP contribution in [0.5, 0.6) is 0 Å². The van der Waals surface area contributed by atoms with E-state index in [0.29, 0.717) is 24.0 Å². The smallest absolute Gasteiger partial charge is 0.258 e. The van der Waals surface area contributed by atoms with E-state index in [9.17, 15) is 26.9 Å². The van der Waals surface area contributed by atoms with E-state index in [1.54, 1.807) is 13.8 Å². The van der Waals surface area contributed by atoms with Gasteiger partial charge in [0, 0.05) is 24.2 Å². The van der Waals surface area contributed by atoms with Gasteiger partial charge >= 0.3 is 0 Å². The second kappa shape index (κ2) is 6.03. The highest BCUT2D eigenvalue weighted by Gasteiger charge is 2.46. The number of rotatable bonds is 5. The summed E-state index contributed by atoms with van der Waals surface area (Å²) >= 11 is 0. The Morgan fingerprint density at radius 2 is 1.80 bits per heavy atom. The largest absolute Gasteiger partial charge is 0.271 e. The van der Waals surface area contributed by atoms with Crippen LogP contribution in [0.4, 0.5) is 5.69 Å². The van der Waals surface area contributed by atoms with Crippen molar-refractivity contribution < 1.29 is 21.8 Å². The van der Waals surface area contributed by atoms with Crippen molar-refractivity contribution in [2.24, 2.45) is 0 Å². The fourth-order valence-electron chi connectivity index (χ4n) is 3.29. The first kappa shape index (κ1) is 18.3. The lowest BCUT2D eigenvalue weighted by molar-refractivity contribution is -0.385. The monoisotopic (exact) mass is 388 g/mol. The van der Waals surface area contributed by atoms with E-state index in [-0.39, 0.29) is 34.6 Å². The minimum atomic E-state index is -4.02. The minimum absolute atomic E-state index is 0.0245. The summed E-state index contributed by atoms with van der Waals surface area (Å²) < 4.78 is 51.4. The van der Waals surface area contributed by atoms with Crippen LogP contribution in [0.25, 0.3) is 0 Å². The zero-order valence-corrected chi connectivity index (χ0v) is 15.6. The van der Waals surface area contributed by atoms with Gasteiger partial charge in [0.1, 0.15) is 0 Å². The van der Waals surface area contributed by atoms with Gasteiger partial charge in [-0.25, -0.2) is 16.8 Å². The fourth-order valence-corrected chi connectivity index (χ4v) is 7.32. The number of non-ortho nitro benzene ring substituents is 1. The summed E-state index contributed by atoms with van der Waals surface area (Å²) in [6, 6.07) is 1.61. The molecule has 0 spiro atoms. The lowest BCUT2D eigenvalue weighted by Gasteiger charge is -2.28. The maximum absolute atomic E-state index is 13.3. The molecule has 2 aliphatic rings. The number of sulfone groups is 1. The van der Waals surface area contributed by atoms with Gasteiger partial charge in [-0.2, -0.15) is 4.31 Å². The number of hydrogen-bond acceptors (Lipinski definition) is 6. The highest BCUT2D eigenvalue weighted by Crippen LogP contribution is 2.38. The molecule has 1 atom stereocenters. The molecule has 0 amide bonds. The van der Waals surface area contributed by atoms with E-state index < -0.39 is 30.8 Å². The Hall–Kier alpha value is -1.52. The van der Waals surface area contributed by atoms with Gasteiger partial charge in [-0.3, -0.25) is 10.1 Å². The SMILES string of the molecule is Cc1cc([N+](=O)[O-])cc(S(=O)(=O)N(C2CC2)C2CCS(=O)(=O)C2)c1C. The fraction of sp³-hybridized carbons (Fsp3) is 0.600. The van der Waals surface area contributed by atoms with Crippen LogP contribution < -0.4 is 0 Å². The first-order chi connectivity index (χ1) is 11.5. The molecule has 1 aromatic rings.